The van der Waals surface area contributed by atoms with Crippen molar-refractivity contribution in [3.63, 3.8) is 0 Å². The van der Waals surface area contributed by atoms with Crippen molar-refractivity contribution in [2.24, 2.45) is 0 Å². The summed E-state index contributed by atoms with van der Waals surface area (Å²) in [5, 5.41) is 14.2. The van der Waals surface area contributed by atoms with Gasteiger partial charge in [-0.25, -0.2) is 13.1 Å². The van der Waals surface area contributed by atoms with Gasteiger partial charge in [0.05, 0.1) is 21.8 Å². The Balaban J connectivity index is 2.75. The zero-order valence-corrected chi connectivity index (χ0v) is 13.6. The molecule has 0 unspecified atom stereocenters. The number of halogens is 1. The van der Waals surface area contributed by atoms with Gasteiger partial charge >= 0.3 is 0 Å². The summed E-state index contributed by atoms with van der Waals surface area (Å²) >= 11 is 5.97. The SMILES string of the molecule is CC(C)(CNCc1c(Cl)cccc1[N+](=O)[O-])NS(C)(=O)=O. The predicted octanol–water partition coefficient (Wildman–Crippen LogP) is 1.67. The Hall–Kier alpha value is -1.22. The predicted molar refractivity (Wildman–Crippen MR) is 81.9 cm³/mol. The number of sulfonamides is 1. The first-order valence-corrected chi connectivity index (χ1v) is 8.40. The number of rotatable bonds is 7. The topological polar surface area (TPSA) is 101 Å². The fourth-order valence-electron chi connectivity index (χ4n) is 1.93. The lowest BCUT2D eigenvalue weighted by Crippen LogP contribution is -2.49. The first-order valence-electron chi connectivity index (χ1n) is 6.13. The minimum absolute atomic E-state index is 0.0659. The molecule has 1 rings (SSSR count). The first kappa shape index (κ1) is 17.8. The molecule has 0 spiro atoms. The van der Waals surface area contributed by atoms with Gasteiger partial charge in [-0.1, -0.05) is 17.7 Å². The molecule has 9 heteroatoms. The zero-order chi connectivity index (χ0) is 16.3. The number of nitrogens with one attached hydrogen (secondary N) is 2. The average Bonchev–Trinajstić information content (AvgIpc) is 2.27. The number of hydrogen-bond donors (Lipinski definition) is 2. The third kappa shape index (κ3) is 5.96. The van der Waals surface area contributed by atoms with E-state index in [9.17, 15) is 18.5 Å². The first-order chi connectivity index (χ1) is 9.52. The molecule has 0 atom stereocenters. The number of nitro groups is 1. The molecule has 0 heterocycles. The van der Waals surface area contributed by atoms with Crippen molar-refractivity contribution in [1.82, 2.24) is 10.0 Å². The fourth-order valence-corrected chi connectivity index (χ4v) is 3.24. The van der Waals surface area contributed by atoms with Crippen molar-refractivity contribution in [2.75, 3.05) is 12.8 Å². The third-order valence-corrected chi connectivity index (χ3v) is 3.90. The van der Waals surface area contributed by atoms with E-state index in [1.807, 2.05) is 0 Å². The molecule has 0 saturated carbocycles. The summed E-state index contributed by atoms with van der Waals surface area (Å²) in [5.74, 6) is 0. The largest absolute Gasteiger partial charge is 0.311 e. The highest BCUT2D eigenvalue weighted by atomic mass is 35.5. The van der Waals surface area contributed by atoms with Gasteiger partial charge in [-0.05, 0) is 19.9 Å². The highest BCUT2D eigenvalue weighted by molar-refractivity contribution is 7.88. The van der Waals surface area contributed by atoms with Crippen LogP contribution < -0.4 is 10.0 Å². The second-order valence-corrected chi connectivity index (χ2v) is 7.51. The van der Waals surface area contributed by atoms with Crippen LogP contribution in [0.1, 0.15) is 19.4 Å². The molecule has 0 fully saturated rings. The number of nitrogens with zero attached hydrogens (tertiary/aromatic N) is 1. The molecule has 7 nitrogen and oxygen atoms in total. The van der Waals surface area contributed by atoms with Gasteiger partial charge in [0.25, 0.3) is 5.69 Å². The van der Waals surface area contributed by atoms with Crippen LogP contribution in [-0.4, -0.2) is 31.7 Å². The van der Waals surface area contributed by atoms with E-state index < -0.39 is 20.5 Å². The van der Waals surface area contributed by atoms with E-state index in [2.05, 4.69) is 10.0 Å². The molecule has 0 bridgehead atoms. The molecule has 21 heavy (non-hydrogen) atoms. The molecule has 0 saturated heterocycles. The highest BCUT2D eigenvalue weighted by Gasteiger charge is 2.23. The van der Waals surface area contributed by atoms with E-state index in [4.69, 9.17) is 11.6 Å². The minimum Gasteiger partial charge on any atom is -0.311 e. The number of benzene rings is 1. The molecule has 0 aliphatic rings. The average molecular weight is 336 g/mol. The molecule has 0 amide bonds. The lowest BCUT2D eigenvalue weighted by Gasteiger charge is -2.25. The van der Waals surface area contributed by atoms with Crippen LogP contribution >= 0.6 is 11.6 Å². The molecule has 0 aliphatic heterocycles. The van der Waals surface area contributed by atoms with Gasteiger partial charge in [0.2, 0.25) is 10.0 Å². The molecule has 2 N–H and O–H groups in total. The Bertz CT molecular complexity index is 631. The van der Waals surface area contributed by atoms with Crippen molar-refractivity contribution in [2.45, 2.75) is 25.9 Å². The van der Waals surface area contributed by atoms with Crippen LogP contribution in [0.4, 0.5) is 5.69 Å². The van der Waals surface area contributed by atoms with Gasteiger partial charge in [0, 0.05) is 24.7 Å². The molecule has 1 aromatic rings. The summed E-state index contributed by atoms with van der Waals surface area (Å²) in [4.78, 5) is 10.5. The summed E-state index contributed by atoms with van der Waals surface area (Å²) < 4.78 is 24.9. The van der Waals surface area contributed by atoms with Crippen LogP contribution in [0.3, 0.4) is 0 Å². The second-order valence-electron chi connectivity index (χ2n) is 5.36. The summed E-state index contributed by atoms with van der Waals surface area (Å²) in [7, 11) is -3.33. The van der Waals surface area contributed by atoms with E-state index in [1.165, 1.54) is 12.1 Å². The number of hydrogen-bond acceptors (Lipinski definition) is 5. The fraction of sp³-hybridized carbons (Fsp3) is 0.500. The van der Waals surface area contributed by atoms with Crippen LogP contribution in [0, 0.1) is 10.1 Å². The van der Waals surface area contributed by atoms with Crippen LogP contribution in [0.2, 0.25) is 5.02 Å². The van der Waals surface area contributed by atoms with Crippen molar-refractivity contribution in [1.29, 1.82) is 0 Å². The Morgan fingerprint density at radius 2 is 2.00 bits per heavy atom. The molecule has 0 aliphatic carbocycles. The second kappa shape index (κ2) is 6.69. The van der Waals surface area contributed by atoms with Gasteiger partial charge in [0.15, 0.2) is 0 Å². The quantitative estimate of drug-likeness (QED) is 0.583. The lowest BCUT2D eigenvalue weighted by molar-refractivity contribution is -0.385. The van der Waals surface area contributed by atoms with Crippen molar-refractivity contribution in [3.8, 4) is 0 Å². The van der Waals surface area contributed by atoms with E-state index in [0.717, 1.165) is 6.26 Å². The normalized spacial score (nSPS) is 12.4. The maximum absolute atomic E-state index is 11.2. The van der Waals surface area contributed by atoms with E-state index in [-0.39, 0.29) is 12.2 Å². The Kier molecular flexibility index (Phi) is 5.68. The molecular weight excluding hydrogens is 318 g/mol. The molecular formula is C12H18ClN3O4S. The number of nitro benzene ring substituents is 1. The summed E-state index contributed by atoms with van der Waals surface area (Å²) in [5.41, 5.74) is -0.410. The van der Waals surface area contributed by atoms with Gasteiger partial charge in [-0.15, -0.1) is 0 Å². The van der Waals surface area contributed by atoms with Crippen LogP contribution in [0.25, 0.3) is 0 Å². The monoisotopic (exact) mass is 335 g/mol. The van der Waals surface area contributed by atoms with Crippen LogP contribution in [0.5, 0.6) is 0 Å². The smallest absolute Gasteiger partial charge is 0.275 e. The summed E-state index contributed by atoms with van der Waals surface area (Å²) in [6.07, 6.45) is 1.08. The van der Waals surface area contributed by atoms with Crippen molar-refractivity contribution < 1.29 is 13.3 Å². The van der Waals surface area contributed by atoms with E-state index in [0.29, 0.717) is 17.1 Å². The van der Waals surface area contributed by atoms with E-state index in [1.54, 1.807) is 19.9 Å². The van der Waals surface area contributed by atoms with Gasteiger partial charge in [0.1, 0.15) is 0 Å². The summed E-state index contributed by atoms with van der Waals surface area (Å²) in [6.45, 7) is 3.89. The minimum atomic E-state index is -3.33. The van der Waals surface area contributed by atoms with Crippen LogP contribution in [-0.2, 0) is 16.6 Å². The third-order valence-electron chi connectivity index (χ3n) is 2.62. The van der Waals surface area contributed by atoms with E-state index >= 15 is 0 Å². The Labute approximate surface area is 128 Å². The Morgan fingerprint density at radius 1 is 1.38 bits per heavy atom. The van der Waals surface area contributed by atoms with Gasteiger partial charge in [-0.3, -0.25) is 10.1 Å². The lowest BCUT2D eigenvalue weighted by atomic mass is 10.1. The zero-order valence-electron chi connectivity index (χ0n) is 12.0. The maximum Gasteiger partial charge on any atom is 0.275 e. The summed E-state index contributed by atoms with van der Waals surface area (Å²) in [6, 6.07) is 4.47. The molecule has 118 valence electrons. The van der Waals surface area contributed by atoms with Gasteiger partial charge < -0.3 is 5.32 Å². The molecule has 0 radical (unpaired) electrons. The Morgan fingerprint density at radius 3 is 2.52 bits per heavy atom. The van der Waals surface area contributed by atoms with Gasteiger partial charge in [-0.2, -0.15) is 0 Å². The maximum atomic E-state index is 11.2. The highest BCUT2D eigenvalue weighted by Crippen LogP contribution is 2.25. The van der Waals surface area contributed by atoms with Crippen molar-refractivity contribution in [3.05, 3.63) is 38.9 Å². The van der Waals surface area contributed by atoms with Crippen LogP contribution in [0.15, 0.2) is 18.2 Å². The molecule has 1 aromatic carbocycles. The van der Waals surface area contributed by atoms with Crippen molar-refractivity contribution >= 4 is 27.3 Å². The molecule has 0 aromatic heterocycles. The standard InChI is InChI=1S/C12H18ClN3O4S/c1-12(2,15-21(3,19)20)8-14-7-9-10(13)5-4-6-11(9)16(17)18/h4-6,14-15H,7-8H2,1-3H3.